The fourth-order valence-electron chi connectivity index (χ4n) is 1.09. The van der Waals surface area contributed by atoms with Crippen molar-refractivity contribution in [3.8, 4) is 0 Å². The van der Waals surface area contributed by atoms with Crippen molar-refractivity contribution >= 4 is 5.69 Å². The van der Waals surface area contributed by atoms with Crippen molar-refractivity contribution < 1.29 is 0 Å². The van der Waals surface area contributed by atoms with Crippen molar-refractivity contribution in [1.29, 1.82) is 0 Å². The molecular weight excluding hydrogens is 182 g/mol. The van der Waals surface area contributed by atoms with Crippen LogP contribution in [0.4, 0.5) is 5.69 Å². The summed E-state index contributed by atoms with van der Waals surface area (Å²) in [7, 11) is 1.94. The summed E-state index contributed by atoms with van der Waals surface area (Å²) in [4.78, 5) is 0. The van der Waals surface area contributed by atoms with Gasteiger partial charge in [-0.05, 0) is 32.4 Å². The molecule has 0 aliphatic heterocycles. The molecule has 1 heteroatoms. The van der Waals surface area contributed by atoms with E-state index in [-0.39, 0.29) is 0 Å². The van der Waals surface area contributed by atoms with Crippen LogP contribution in [0, 0.1) is 13.8 Å². The lowest BCUT2D eigenvalue weighted by atomic mass is 10.1. The van der Waals surface area contributed by atoms with E-state index in [1.165, 1.54) is 16.8 Å². The Bertz CT molecular complexity index is 264. The third-order valence-corrected chi connectivity index (χ3v) is 1.65. The Hall–Kier alpha value is -1.24. The van der Waals surface area contributed by atoms with E-state index in [4.69, 9.17) is 0 Å². The lowest BCUT2D eigenvalue weighted by Crippen LogP contribution is -1.90. The maximum absolute atomic E-state index is 3.36. The molecule has 0 saturated carbocycles. The molecule has 15 heavy (non-hydrogen) atoms. The zero-order chi connectivity index (χ0) is 12.3. The Labute approximate surface area is 95.2 Å². The molecule has 0 aliphatic rings. The van der Waals surface area contributed by atoms with E-state index >= 15 is 0 Å². The average Bonchev–Trinajstić information content (AvgIpc) is 2.22. The molecule has 0 aromatic heterocycles. The zero-order valence-corrected chi connectivity index (χ0v) is 11.0. The zero-order valence-electron chi connectivity index (χ0n) is 11.0. The van der Waals surface area contributed by atoms with Crippen LogP contribution >= 0.6 is 0 Å². The van der Waals surface area contributed by atoms with E-state index in [0.717, 1.165) is 0 Å². The van der Waals surface area contributed by atoms with Crippen LogP contribution in [0.1, 0.15) is 31.9 Å². The summed E-state index contributed by atoms with van der Waals surface area (Å²) < 4.78 is 0. The topological polar surface area (TPSA) is 12.0 Å². The molecule has 0 amide bonds. The first kappa shape index (κ1) is 16.2. The highest BCUT2D eigenvalue weighted by Gasteiger charge is 1.92. The molecule has 0 spiro atoms. The number of allylic oxidation sites excluding steroid dienone is 1. The standard InChI is InChI=1S/C9H13N.C3H6.C2H6/c1-7-4-5-9(10-3)8(2)6-7;1-3-2;1-2/h4-6,10H,1-3H3;3H,1H2,2H3;1-2H3. The van der Waals surface area contributed by atoms with Gasteiger partial charge in [0.1, 0.15) is 0 Å². The SMILES string of the molecule is C=CC.CC.CNc1ccc(C)cc1C. The van der Waals surface area contributed by atoms with Gasteiger partial charge in [-0.1, -0.05) is 37.6 Å². The fraction of sp³-hybridized carbons (Fsp3) is 0.429. The first-order valence-corrected chi connectivity index (χ1v) is 5.47. The van der Waals surface area contributed by atoms with Crippen LogP contribution in [0.3, 0.4) is 0 Å². The van der Waals surface area contributed by atoms with Gasteiger partial charge in [0.15, 0.2) is 0 Å². The average molecular weight is 207 g/mol. The molecule has 0 aliphatic carbocycles. The third kappa shape index (κ3) is 7.80. The molecule has 0 atom stereocenters. The van der Waals surface area contributed by atoms with Crippen molar-refractivity contribution in [1.82, 2.24) is 0 Å². The summed E-state index contributed by atoms with van der Waals surface area (Å²) in [6.45, 7) is 13.5. The van der Waals surface area contributed by atoms with Crippen LogP contribution in [0.5, 0.6) is 0 Å². The molecule has 86 valence electrons. The summed E-state index contributed by atoms with van der Waals surface area (Å²) >= 11 is 0. The van der Waals surface area contributed by atoms with Crippen molar-refractivity contribution in [2.75, 3.05) is 12.4 Å². The molecule has 0 fully saturated rings. The minimum Gasteiger partial charge on any atom is -0.388 e. The highest BCUT2D eigenvalue weighted by molar-refractivity contribution is 5.51. The van der Waals surface area contributed by atoms with E-state index in [1.54, 1.807) is 6.08 Å². The van der Waals surface area contributed by atoms with Gasteiger partial charge in [-0.25, -0.2) is 0 Å². The number of anilines is 1. The smallest absolute Gasteiger partial charge is 0.0367 e. The summed E-state index contributed by atoms with van der Waals surface area (Å²) in [5, 5.41) is 3.12. The normalized spacial score (nSPS) is 7.60. The number of benzene rings is 1. The quantitative estimate of drug-likeness (QED) is 0.665. The minimum atomic E-state index is 1.21. The maximum Gasteiger partial charge on any atom is 0.0367 e. The van der Waals surface area contributed by atoms with Crippen molar-refractivity contribution in [2.24, 2.45) is 0 Å². The van der Waals surface area contributed by atoms with E-state index in [9.17, 15) is 0 Å². The molecule has 1 aromatic rings. The third-order valence-electron chi connectivity index (χ3n) is 1.65. The maximum atomic E-state index is 3.36. The van der Waals surface area contributed by atoms with Gasteiger partial charge >= 0.3 is 0 Å². The van der Waals surface area contributed by atoms with Crippen LogP contribution in [0.25, 0.3) is 0 Å². The summed E-state index contributed by atoms with van der Waals surface area (Å²) in [5.74, 6) is 0. The second kappa shape index (κ2) is 10.8. The molecule has 0 radical (unpaired) electrons. The number of hydrogen-bond acceptors (Lipinski definition) is 1. The van der Waals surface area contributed by atoms with Gasteiger partial charge in [-0.2, -0.15) is 0 Å². The van der Waals surface area contributed by atoms with Gasteiger partial charge < -0.3 is 5.32 Å². The van der Waals surface area contributed by atoms with Crippen LogP contribution in [-0.2, 0) is 0 Å². The molecule has 0 bridgehead atoms. The first-order valence-electron chi connectivity index (χ1n) is 5.47. The number of hydrogen-bond donors (Lipinski definition) is 1. The molecule has 1 aromatic carbocycles. The van der Waals surface area contributed by atoms with Gasteiger partial charge in [-0.15, -0.1) is 6.58 Å². The Morgan fingerprint density at radius 2 is 1.67 bits per heavy atom. The van der Waals surface area contributed by atoms with Crippen LogP contribution in [-0.4, -0.2) is 7.05 Å². The Balaban J connectivity index is 0. The summed E-state index contributed by atoms with van der Waals surface area (Å²) in [6.07, 6.45) is 1.75. The van der Waals surface area contributed by atoms with Crippen LogP contribution < -0.4 is 5.32 Å². The first-order chi connectivity index (χ1) is 7.15. The molecule has 0 heterocycles. The monoisotopic (exact) mass is 207 g/mol. The van der Waals surface area contributed by atoms with E-state index in [0.29, 0.717) is 0 Å². The molecule has 1 N–H and O–H groups in total. The number of rotatable bonds is 1. The number of aryl methyl sites for hydroxylation is 2. The van der Waals surface area contributed by atoms with E-state index in [2.05, 4.69) is 43.9 Å². The van der Waals surface area contributed by atoms with Crippen molar-refractivity contribution in [3.05, 3.63) is 42.0 Å². The van der Waals surface area contributed by atoms with Gasteiger partial charge in [-0.3, -0.25) is 0 Å². The predicted molar refractivity (Wildman–Crippen MR) is 72.7 cm³/mol. The number of nitrogens with one attached hydrogen (secondary N) is 1. The van der Waals surface area contributed by atoms with E-state index in [1.807, 2.05) is 27.8 Å². The van der Waals surface area contributed by atoms with Gasteiger partial charge in [0.05, 0.1) is 0 Å². The highest BCUT2D eigenvalue weighted by Crippen LogP contribution is 2.14. The second-order valence-corrected chi connectivity index (χ2v) is 2.98. The van der Waals surface area contributed by atoms with Crippen LogP contribution in [0.15, 0.2) is 30.9 Å². The van der Waals surface area contributed by atoms with Gasteiger partial charge in [0.25, 0.3) is 0 Å². The second-order valence-electron chi connectivity index (χ2n) is 2.98. The van der Waals surface area contributed by atoms with Crippen LogP contribution in [0.2, 0.25) is 0 Å². The fourth-order valence-corrected chi connectivity index (χ4v) is 1.09. The van der Waals surface area contributed by atoms with Gasteiger partial charge in [0.2, 0.25) is 0 Å². The largest absolute Gasteiger partial charge is 0.388 e. The molecule has 0 saturated heterocycles. The van der Waals surface area contributed by atoms with Crippen molar-refractivity contribution in [2.45, 2.75) is 34.6 Å². The molecular formula is C14H25N. The Morgan fingerprint density at radius 1 is 1.20 bits per heavy atom. The lowest BCUT2D eigenvalue weighted by Gasteiger charge is -2.04. The Kier molecular flexibility index (Phi) is 11.7. The summed E-state index contributed by atoms with van der Waals surface area (Å²) in [5.41, 5.74) is 3.84. The van der Waals surface area contributed by atoms with E-state index < -0.39 is 0 Å². The molecule has 1 nitrogen and oxygen atoms in total. The highest BCUT2D eigenvalue weighted by atomic mass is 14.8. The minimum absolute atomic E-state index is 1.21. The Morgan fingerprint density at radius 3 is 2.00 bits per heavy atom. The molecule has 1 rings (SSSR count). The summed E-state index contributed by atoms with van der Waals surface area (Å²) in [6, 6.07) is 6.38. The predicted octanol–water partition coefficient (Wildman–Crippen LogP) is 4.56. The lowest BCUT2D eigenvalue weighted by molar-refractivity contribution is 1.35. The van der Waals surface area contributed by atoms with Crippen molar-refractivity contribution in [3.63, 3.8) is 0 Å². The van der Waals surface area contributed by atoms with Gasteiger partial charge in [0, 0.05) is 12.7 Å². The molecule has 0 unspecified atom stereocenters.